The molecule has 0 unspecified atom stereocenters. The molecule has 8 heteroatoms. The molecule has 0 aliphatic heterocycles. The summed E-state index contributed by atoms with van der Waals surface area (Å²) in [6.45, 7) is 17.7. The predicted molar refractivity (Wildman–Crippen MR) is 477 cm³/mol. The van der Waals surface area contributed by atoms with E-state index in [2.05, 4.69) is 318 Å². The molecule has 0 bridgehead atoms. The minimum atomic E-state index is 0. The summed E-state index contributed by atoms with van der Waals surface area (Å²) in [5, 5.41) is 0. The summed E-state index contributed by atoms with van der Waals surface area (Å²) in [6, 6.07) is 125. The van der Waals surface area contributed by atoms with Crippen LogP contribution < -0.4 is 0 Å². The molecule has 0 fully saturated rings. The van der Waals surface area contributed by atoms with Crippen molar-refractivity contribution < 1.29 is 40.2 Å². The van der Waals surface area contributed by atoms with Crippen LogP contribution in [0.15, 0.2) is 328 Å². The van der Waals surface area contributed by atoms with Gasteiger partial charge in [0, 0.05) is 24.8 Å². The molecule has 0 saturated carbocycles. The van der Waals surface area contributed by atoms with E-state index in [4.69, 9.17) is 9.97 Å². The zero-order chi connectivity index (χ0) is 78.9. The molecule has 566 valence electrons. The molecule has 6 nitrogen and oxygen atoms in total. The van der Waals surface area contributed by atoms with E-state index in [1.54, 1.807) is 0 Å². The van der Waals surface area contributed by atoms with Crippen molar-refractivity contribution in [3.8, 4) is 190 Å². The smallest absolute Gasteiger partial charge is 0.357 e. The van der Waals surface area contributed by atoms with Crippen molar-refractivity contribution in [3.63, 3.8) is 0 Å². The van der Waals surface area contributed by atoms with Crippen molar-refractivity contribution in [1.82, 2.24) is 29.9 Å². The maximum absolute atomic E-state index is 5.16. The van der Waals surface area contributed by atoms with Gasteiger partial charge in [-0.3, -0.25) is 0 Å². The minimum absolute atomic E-state index is 0. The Morgan fingerprint density at radius 3 is 0.729 bits per heavy atom. The molecule has 0 spiro atoms. The van der Waals surface area contributed by atoms with E-state index in [-0.39, 0.29) is 40.2 Å². The number of aryl methyl sites for hydroxylation is 7. The van der Waals surface area contributed by atoms with Crippen LogP contribution in [0.1, 0.15) is 44.5 Å². The van der Waals surface area contributed by atoms with Crippen LogP contribution in [0.5, 0.6) is 0 Å². The summed E-state index contributed by atoms with van der Waals surface area (Å²) >= 11 is 0. The Labute approximate surface area is 719 Å². The fourth-order valence-corrected chi connectivity index (χ4v) is 15.8. The monoisotopic (exact) mass is 1870 g/mol. The second kappa shape index (κ2) is 34.3. The number of hydrogen-bond acceptors (Lipinski definition) is 6. The quantitative estimate of drug-likeness (QED) is 0.0846. The average Bonchev–Trinajstić information content (AvgIpc) is 0.754. The minimum Gasteiger partial charge on any atom is -0.357 e. The van der Waals surface area contributed by atoms with Gasteiger partial charge in [0.25, 0.3) is 0 Å². The van der Waals surface area contributed by atoms with E-state index in [1.807, 2.05) is 122 Å². The van der Waals surface area contributed by atoms with Crippen molar-refractivity contribution in [2.45, 2.75) is 55.4 Å². The third-order valence-electron chi connectivity index (χ3n) is 22.7. The van der Waals surface area contributed by atoms with Crippen LogP contribution in [0.25, 0.3) is 190 Å². The summed E-state index contributed by atoms with van der Waals surface area (Å²) in [6.07, 6.45) is 11.2. The maximum atomic E-state index is 5.16. The van der Waals surface area contributed by atoms with Crippen LogP contribution in [0.3, 0.4) is 0 Å². The predicted octanol–water partition coefficient (Wildman–Crippen LogP) is 27.7. The van der Waals surface area contributed by atoms with E-state index in [1.165, 1.54) is 44.5 Å². The van der Waals surface area contributed by atoms with Crippen molar-refractivity contribution >= 4 is 0 Å². The Balaban J connectivity index is 0.00000520. The summed E-state index contributed by atoms with van der Waals surface area (Å²) in [7, 11) is 0. The normalized spacial score (nSPS) is 11.1. The van der Waals surface area contributed by atoms with E-state index in [0.29, 0.717) is 11.4 Å². The molecule has 0 amide bonds. The second-order valence-electron chi connectivity index (χ2n) is 30.1. The topological polar surface area (TPSA) is 77.3 Å². The molecule has 12 aromatic carbocycles. The largest absolute Gasteiger partial charge is 3.00 e. The average molecular weight is 1870 g/mol. The van der Waals surface area contributed by atoms with Gasteiger partial charge in [-0.2, -0.15) is 12.1 Å². The van der Waals surface area contributed by atoms with Gasteiger partial charge in [-0.05, 0) is 262 Å². The number of rotatable bonds is 17. The Morgan fingerprint density at radius 2 is 0.458 bits per heavy atom. The van der Waals surface area contributed by atoms with E-state index in [9.17, 15) is 0 Å². The number of pyridine rings is 6. The third-order valence-corrected chi connectivity index (χ3v) is 22.7. The number of benzene rings is 12. The van der Waals surface area contributed by atoms with Gasteiger partial charge in [0.05, 0.1) is 0 Å². The second-order valence-corrected chi connectivity index (χ2v) is 30.1. The van der Waals surface area contributed by atoms with Gasteiger partial charge in [0.1, 0.15) is 0 Å². The summed E-state index contributed by atoms with van der Waals surface area (Å²) < 4.78 is 0. The molecule has 6 heterocycles. The fraction of sp³-hybridized carbons (Fsp3) is 0.0727. The van der Waals surface area contributed by atoms with Crippen LogP contribution in [0.4, 0.5) is 0 Å². The third kappa shape index (κ3) is 16.0. The Kier molecular flexibility index (Phi) is 22.9. The zero-order valence-corrected chi connectivity index (χ0v) is 71.3. The molecule has 118 heavy (non-hydrogen) atoms. The standard InChI is InChI=1S/C110H78N6.2Ir/c1-69-29-48-97(77-30-38-81(39-31-77)104-25-13-17-51-111-104)110(76(69)8)92-65-88(63-91(66-92)103-60-75(7)72(4)57-100(103)80-36-44-84(45-37-80)107-28-16-20-54-114-107)96-24-12-10-22-94(96)86-47-50-109(116-68-86)108-49-46-85(67-115-108)93-21-9-11-23-95(93)87-61-89(101-58-73(5)70(2)55-98(101)78-32-40-82(41-33-78)105-26-14-18-52-112-105)64-90(62-87)102-59-74(6)71(3)56-99(102)79-34-42-83(43-35-79)106-27-15-19-53-113-106;;/h9-38,40,42,44,46-48,51-68H,1-8H3;;/q-6;2*+3. The Morgan fingerprint density at radius 1 is 0.195 bits per heavy atom. The Bertz CT molecular complexity index is 6540. The van der Waals surface area contributed by atoms with Crippen LogP contribution in [-0.4, -0.2) is 29.9 Å². The number of hydrogen-bond donors (Lipinski definition) is 0. The summed E-state index contributed by atoms with van der Waals surface area (Å²) in [5.41, 5.74) is 43.9. The first-order chi connectivity index (χ1) is 56.8. The summed E-state index contributed by atoms with van der Waals surface area (Å²) in [5.74, 6) is 0. The molecular weight excluding hydrogens is 1790 g/mol. The van der Waals surface area contributed by atoms with Crippen LogP contribution in [0, 0.1) is 91.8 Å². The first-order valence-corrected chi connectivity index (χ1v) is 39.2. The van der Waals surface area contributed by atoms with Gasteiger partial charge >= 0.3 is 40.2 Å². The summed E-state index contributed by atoms with van der Waals surface area (Å²) in [4.78, 5) is 28.9. The van der Waals surface area contributed by atoms with E-state index < -0.39 is 0 Å². The molecule has 6 aromatic heterocycles. The van der Waals surface area contributed by atoms with E-state index in [0.717, 1.165) is 179 Å². The van der Waals surface area contributed by atoms with Crippen LogP contribution >= 0.6 is 0 Å². The Hall–Kier alpha value is -13.2. The van der Waals surface area contributed by atoms with Gasteiger partial charge < -0.3 is 29.9 Å². The van der Waals surface area contributed by atoms with Gasteiger partial charge in [0.15, 0.2) is 0 Å². The van der Waals surface area contributed by atoms with Crippen molar-refractivity contribution in [1.29, 1.82) is 0 Å². The molecule has 0 radical (unpaired) electrons. The first-order valence-electron chi connectivity index (χ1n) is 39.2. The number of aromatic nitrogens is 6. The van der Waals surface area contributed by atoms with Crippen LogP contribution in [0.2, 0.25) is 0 Å². The van der Waals surface area contributed by atoms with Crippen molar-refractivity contribution in [3.05, 3.63) is 409 Å². The van der Waals surface area contributed by atoms with Crippen LogP contribution in [-0.2, 0) is 40.2 Å². The maximum Gasteiger partial charge on any atom is 3.00 e. The number of nitrogens with zero attached hydrogens (tertiary/aromatic N) is 6. The molecule has 0 atom stereocenters. The van der Waals surface area contributed by atoms with Gasteiger partial charge in [-0.15, -0.1) is 131 Å². The van der Waals surface area contributed by atoms with Crippen molar-refractivity contribution in [2.75, 3.05) is 0 Å². The van der Waals surface area contributed by atoms with Gasteiger partial charge in [-0.25, -0.2) is 12.1 Å². The van der Waals surface area contributed by atoms with Gasteiger partial charge in [-0.1, -0.05) is 212 Å². The molecule has 18 rings (SSSR count). The molecule has 0 aliphatic carbocycles. The zero-order valence-electron chi connectivity index (χ0n) is 66.5. The first kappa shape index (κ1) is 78.7. The molecule has 18 aromatic rings. The fourth-order valence-electron chi connectivity index (χ4n) is 15.8. The SMILES string of the molecule is Cc1cc(-c2c[c-]c(-c3ccccn3)cc2)c(-c2cc(-c3ccccc3-c3c[c-]c(-c4[c-]cc(-c5ccccc5-c5cc(-c6cc(C)c(C)cc6-c6c[c-]c(-c7ccccn7)cc6)cc(-c6c(-c7c[c-]c(-c8ccccn8)cc7)ccc(C)c6C)c5)cn4)nc3)cc(-c3cc(C)c(C)cc3-c3c[c-]c(-c4ccccn4)cc3)c2)cc1C.[Ir+3].[Ir+3]. The molecule has 0 aliphatic rings. The van der Waals surface area contributed by atoms with Crippen molar-refractivity contribution in [2.24, 2.45) is 0 Å². The molecular formula is C110H78Ir2N6. The molecule has 0 saturated heterocycles. The van der Waals surface area contributed by atoms with E-state index >= 15 is 0 Å². The van der Waals surface area contributed by atoms with Gasteiger partial charge in [0.2, 0.25) is 0 Å². The molecule has 0 N–H and O–H groups in total.